The molecule has 0 radical (unpaired) electrons. The summed E-state index contributed by atoms with van der Waals surface area (Å²) < 4.78 is 11.7. The van der Waals surface area contributed by atoms with E-state index in [0.717, 1.165) is 0 Å². The predicted octanol–water partition coefficient (Wildman–Crippen LogP) is 2.14. The summed E-state index contributed by atoms with van der Waals surface area (Å²) in [6.45, 7) is 2.48. The van der Waals surface area contributed by atoms with Gasteiger partial charge in [0.1, 0.15) is 9.22 Å². The molecule has 1 atom stereocenters. The summed E-state index contributed by atoms with van der Waals surface area (Å²) in [5.41, 5.74) is 6.15. The fourth-order valence-electron chi connectivity index (χ4n) is 2.32. The lowest BCUT2D eigenvalue weighted by Crippen LogP contribution is -2.22. The van der Waals surface area contributed by atoms with Crippen LogP contribution in [0.3, 0.4) is 0 Å². The lowest BCUT2D eigenvalue weighted by atomic mass is 10.3. The molecule has 0 amide bonds. The van der Waals surface area contributed by atoms with Crippen molar-refractivity contribution in [3.05, 3.63) is 38.3 Å². The minimum Gasteiger partial charge on any atom is -0.436 e. The van der Waals surface area contributed by atoms with Gasteiger partial charge >= 0.3 is 0 Å². The van der Waals surface area contributed by atoms with E-state index in [1.54, 1.807) is 31.4 Å². The Balaban J connectivity index is 1.94. The number of nitrogens with zero attached hydrogens (tertiary/aromatic N) is 3. The molecule has 0 aliphatic carbocycles. The van der Waals surface area contributed by atoms with Gasteiger partial charge in [-0.2, -0.15) is 4.98 Å². The third kappa shape index (κ3) is 4.19. The van der Waals surface area contributed by atoms with E-state index in [2.05, 4.69) is 47.8 Å². The number of nitrogens with two attached hydrogens (primary N) is 1. The molecule has 0 aliphatic heterocycles. The number of rotatable bonds is 6. The van der Waals surface area contributed by atoms with Crippen LogP contribution in [0.25, 0.3) is 11.0 Å². The van der Waals surface area contributed by atoms with Gasteiger partial charge in [0.25, 0.3) is 5.56 Å². The van der Waals surface area contributed by atoms with Crippen LogP contribution in [0.2, 0.25) is 0 Å². The van der Waals surface area contributed by atoms with Gasteiger partial charge in [0.05, 0.1) is 12.1 Å². The van der Waals surface area contributed by atoms with Crippen LogP contribution in [-0.2, 0) is 4.74 Å². The Hall–Kier alpha value is -2.47. The second-order valence-corrected chi connectivity index (χ2v) is 6.66. The Morgan fingerprint density at radius 1 is 1.35 bits per heavy atom. The normalized spacial score (nSPS) is 12.1. The molecular weight excluding hydrogens is 451 g/mol. The maximum atomic E-state index is 11.6. The highest BCUT2D eigenvalue weighted by atomic mass is 127. The molecule has 10 heteroatoms. The minimum atomic E-state index is -0.440. The number of ether oxygens (including phenoxy) is 2. The molecule has 4 N–H and O–H groups in total. The average molecular weight is 468 g/mol. The fourth-order valence-corrected chi connectivity index (χ4v) is 2.81. The SMILES string of the molecule is COC[C@H](C)Nc1nc(I)cc(Oc2cccc3[nH]c(=O)c(N)nc23)n1. The number of H-pyrrole nitrogens is 1. The van der Waals surface area contributed by atoms with Gasteiger partial charge in [0, 0.05) is 19.2 Å². The third-order valence-corrected chi connectivity index (χ3v) is 3.94. The maximum absolute atomic E-state index is 11.6. The number of anilines is 2. The van der Waals surface area contributed by atoms with E-state index in [1.165, 1.54) is 0 Å². The Labute approximate surface area is 162 Å². The lowest BCUT2D eigenvalue weighted by molar-refractivity contribution is 0.190. The highest BCUT2D eigenvalue weighted by Gasteiger charge is 2.12. The Kier molecular flexibility index (Phi) is 5.52. The van der Waals surface area contributed by atoms with Crippen molar-refractivity contribution in [2.75, 3.05) is 24.8 Å². The van der Waals surface area contributed by atoms with E-state index in [4.69, 9.17) is 15.2 Å². The first-order chi connectivity index (χ1) is 12.5. The number of nitrogens with one attached hydrogen (secondary N) is 2. The summed E-state index contributed by atoms with van der Waals surface area (Å²) in [5, 5.41) is 3.15. The zero-order valence-corrected chi connectivity index (χ0v) is 16.3. The second kappa shape index (κ2) is 7.83. The van der Waals surface area contributed by atoms with E-state index >= 15 is 0 Å². The molecule has 0 aliphatic rings. The Bertz CT molecular complexity index is 993. The number of aromatic nitrogens is 4. The average Bonchev–Trinajstić information content (AvgIpc) is 2.56. The van der Waals surface area contributed by atoms with Crippen LogP contribution in [0, 0.1) is 3.70 Å². The maximum Gasteiger partial charge on any atom is 0.290 e. The lowest BCUT2D eigenvalue weighted by Gasteiger charge is -2.14. The molecule has 2 aromatic heterocycles. The van der Waals surface area contributed by atoms with E-state index < -0.39 is 5.56 Å². The first-order valence-electron chi connectivity index (χ1n) is 7.72. The molecule has 0 saturated carbocycles. The second-order valence-electron chi connectivity index (χ2n) is 5.56. The van der Waals surface area contributed by atoms with Gasteiger partial charge in [-0.3, -0.25) is 4.79 Å². The monoisotopic (exact) mass is 468 g/mol. The topological polar surface area (TPSA) is 128 Å². The Morgan fingerprint density at radius 2 is 2.15 bits per heavy atom. The number of hydrogen-bond acceptors (Lipinski definition) is 8. The van der Waals surface area contributed by atoms with Crippen molar-refractivity contribution in [1.82, 2.24) is 19.9 Å². The standard InChI is InChI=1S/C16H17IN6O3/c1-8(7-25-2)19-16-21-11(17)6-12(22-16)26-10-5-3-4-9-13(10)23-14(18)15(24)20-9/h3-6,8H,7H2,1-2H3,(H2,18,23)(H,20,24)(H,19,21,22)/t8-/m0/s1. The van der Waals surface area contributed by atoms with Gasteiger partial charge in [0.15, 0.2) is 11.6 Å². The number of methoxy groups -OCH3 is 1. The molecule has 0 spiro atoms. The van der Waals surface area contributed by atoms with Gasteiger partial charge in [-0.25, -0.2) is 9.97 Å². The molecule has 0 fully saturated rings. The van der Waals surface area contributed by atoms with Crippen molar-refractivity contribution in [2.45, 2.75) is 13.0 Å². The summed E-state index contributed by atoms with van der Waals surface area (Å²) in [4.78, 5) is 27.1. The van der Waals surface area contributed by atoms with Crippen LogP contribution in [0.15, 0.2) is 29.1 Å². The van der Waals surface area contributed by atoms with Gasteiger partial charge in [0.2, 0.25) is 11.8 Å². The largest absolute Gasteiger partial charge is 0.436 e. The zero-order chi connectivity index (χ0) is 18.7. The van der Waals surface area contributed by atoms with Crippen molar-refractivity contribution >= 4 is 45.4 Å². The minimum absolute atomic E-state index is 0.0372. The molecule has 3 aromatic rings. The first kappa shape index (κ1) is 18.3. The molecule has 136 valence electrons. The van der Waals surface area contributed by atoms with Gasteiger partial charge < -0.3 is 25.5 Å². The number of halogens is 1. The van der Waals surface area contributed by atoms with Crippen molar-refractivity contribution in [3.63, 3.8) is 0 Å². The number of fused-ring (bicyclic) bond motifs is 1. The smallest absolute Gasteiger partial charge is 0.290 e. The number of para-hydroxylation sites is 1. The molecule has 3 rings (SSSR count). The molecule has 0 bridgehead atoms. The van der Waals surface area contributed by atoms with Gasteiger partial charge in [-0.15, -0.1) is 0 Å². The van der Waals surface area contributed by atoms with E-state index in [-0.39, 0.29) is 11.9 Å². The van der Waals surface area contributed by atoms with Crippen molar-refractivity contribution in [2.24, 2.45) is 0 Å². The number of benzene rings is 1. The highest BCUT2D eigenvalue weighted by molar-refractivity contribution is 14.1. The number of aromatic amines is 1. The molecule has 26 heavy (non-hydrogen) atoms. The number of hydrogen-bond donors (Lipinski definition) is 3. The summed E-state index contributed by atoms with van der Waals surface area (Å²) in [6, 6.07) is 6.93. The van der Waals surface area contributed by atoms with Crippen LogP contribution in [-0.4, -0.2) is 39.7 Å². The van der Waals surface area contributed by atoms with Crippen LogP contribution >= 0.6 is 22.6 Å². The molecule has 0 saturated heterocycles. The summed E-state index contributed by atoms with van der Waals surface area (Å²) in [7, 11) is 1.63. The molecule has 9 nitrogen and oxygen atoms in total. The predicted molar refractivity (Wildman–Crippen MR) is 107 cm³/mol. The quantitative estimate of drug-likeness (QED) is 0.371. The van der Waals surface area contributed by atoms with Gasteiger partial charge in [-0.1, -0.05) is 6.07 Å². The zero-order valence-electron chi connectivity index (χ0n) is 14.1. The third-order valence-electron chi connectivity index (χ3n) is 3.39. The molecular formula is C16H17IN6O3. The summed E-state index contributed by atoms with van der Waals surface area (Å²) >= 11 is 2.08. The van der Waals surface area contributed by atoms with E-state index in [9.17, 15) is 4.79 Å². The van der Waals surface area contributed by atoms with Crippen molar-refractivity contribution < 1.29 is 9.47 Å². The number of nitrogen functional groups attached to an aromatic ring is 1. The molecule has 1 aromatic carbocycles. The van der Waals surface area contributed by atoms with Crippen LogP contribution in [0.1, 0.15) is 6.92 Å². The highest BCUT2D eigenvalue weighted by Crippen LogP contribution is 2.27. The molecule has 2 heterocycles. The fraction of sp³-hybridized carbons (Fsp3) is 0.250. The summed E-state index contributed by atoms with van der Waals surface area (Å²) in [5.74, 6) is 1.07. The molecule has 0 unspecified atom stereocenters. The first-order valence-corrected chi connectivity index (χ1v) is 8.80. The van der Waals surface area contributed by atoms with Crippen LogP contribution in [0.4, 0.5) is 11.8 Å². The van der Waals surface area contributed by atoms with Crippen LogP contribution in [0.5, 0.6) is 11.6 Å². The summed E-state index contributed by atoms with van der Waals surface area (Å²) in [6.07, 6.45) is 0. The Morgan fingerprint density at radius 3 is 2.92 bits per heavy atom. The van der Waals surface area contributed by atoms with E-state index in [1.807, 2.05) is 6.92 Å². The van der Waals surface area contributed by atoms with Crippen molar-refractivity contribution in [1.29, 1.82) is 0 Å². The van der Waals surface area contributed by atoms with Crippen molar-refractivity contribution in [3.8, 4) is 11.6 Å². The van der Waals surface area contributed by atoms with E-state index in [0.29, 0.717) is 38.9 Å². The van der Waals surface area contributed by atoms with Crippen LogP contribution < -0.4 is 21.3 Å². The van der Waals surface area contributed by atoms with Gasteiger partial charge in [-0.05, 0) is 41.6 Å².